The summed E-state index contributed by atoms with van der Waals surface area (Å²) in [5.74, 6) is 1.73. The van der Waals surface area contributed by atoms with Crippen LogP contribution < -0.4 is 14.8 Å². The summed E-state index contributed by atoms with van der Waals surface area (Å²) >= 11 is 0. The Bertz CT molecular complexity index is 417. The first kappa shape index (κ1) is 12.8. The van der Waals surface area contributed by atoms with Crippen LogP contribution in [0.4, 0.5) is 0 Å². The Labute approximate surface area is 114 Å². The number of fused-ring (bicyclic) bond motifs is 1. The van der Waals surface area contributed by atoms with E-state index in [1.165, 1.54) is 44.5 Å². The Kier molecular flexibility index (Phi) is 4.20. The van der Waals surface area contributed by atoms with Crippen molar-refractivity contribution in [3.05, 3.63) is 23.8 Å². The van der Waals surface area contributed by atoms with Crippen molar-refractivity contribution >= 4 is 0 Å². The quantitative estimate of drug-likeness (QED) is 0.795. The van der Waals surface area contributed by atoms with Gasteiger partial charge in [-0.15, -0.1) is 0 Å². The molecule has 0 aromatic heterocycles. The van der Waals surface area contributed by atoms with E-state index in [0.717, 1.165) is 24.6 Å². The highest BCUT2D eigenvalue weighted by Gasteiger charge is 2.13. The molecule has 2 aliphatic heterocycles. The van der Waals surface area contributed by atoms with E-state index in [-0.39, 0.29) is 0 Å². The first-order valence-electron chi connectivity index (χ1n) is 7.23. The maximum absolute atomic E-state index is 5.38. The van der Waals surface area contributed by atoms with Crippen LogP contribution in [0.3, 0.4) is 0 Å². The van der Waals surface area contributed by atoms with Crippen LogP contribution in [0.1, 0.15) is 24.8 Å². The van der Waals surface area contributed by atoms with E-state index < -0.39 is 0 Å². The maximum atomic E-state index is 5.38. The zero-order valence-corrected chi connectivity index (χ0v) is 11.4. The van der Waals surface area contributed by atoms with Crippen molar-refractivity contribution < 1.29 is 9.47 Å². The number of benzene rings is 1. The van der Waals surface area contributed by atoms with Gasteiger partial charge < -0.3 is 19.7 Å². The van der Waals surface area contributed by atoms with E-state index >= 15 is 0 Å². The van der Waals surface area contributed by atoms with Gasteiger partial charge in [0.25, 0.3) is 0 Å². The molecule has 0 spiro atoms. The fraction of sp³-hybridized carbons (Fsp3) is 0.600. The minimum Gasteiger partial charge on any atom is -0.454 e. The van der Waals surface area contributed by atoms with Gasteiger partial charge >= 0.3 is 0 Å². The van der Waals surface area contributed by atoms with Gasteiger partial charge in [0.2, 0.25) is 6.79 Å². The van der Waals surface area contributed by atoms with Crippen LogP contribution in [0.15, 0.2) is 18.2 Å². The molecule has 0 atom stereocenters. The van der Waals surface area contributed by atoms with Gasteiger partial charge in [-0.05, 0) is 63.1 Å². The second kappa shape index (κ2) is 6.26. The maximum Gasteiger partial charge on any atom is 0.231 e. The Balaban J connectivity index is 1.35. The molecule has 0 radical (unpaired) electrons. The van der Waals surface area contributed by atoms with E-state index in [1.54, 1.807) is 0 Å². The van der Waals surface area contributed by atoms with Gasteiger partial charge in [0.05, 0.1) is 0 Å². The third-order valence-electron chi connectivity index (χ3n) is 3.79. The largest absolute Gasteiger partial charge is 0.454 e. The van der Waals surface area contributed by atoms with Gasteiger partial charge in [0.1, 0.15) is 0 Å². The third kappa shape index (κ3) is 3.39. The van der Waals surface area contributed by atoms with Crippen LogP contribution >= 0.6 is 0 Å². The summed E-state index contributed by atoms with van der Waals surface area (Å²) in [4.78, 5) is 2.56. The summed E-state index contributed by atoms with van der Waals surface area (Å²) in [7, 11) is 0. The second-order valence-electron chi connectivity index (χ2n) is 5.27. The van der Waals surface area contributed by atoms with Crippen LogP contribution in [0, 0.1) is 0 Å². The first-order valence-corrected chi connectivity index (χ1v) is 7.23. The molecule has 104 valence electrons. The van der Waals surface area contributed by atoms with Crippen LogP contribution in [0.25, 0.3) is 0 Å². The van der Waals surface area contributed by atoms with Crippen LogP contribution in [0.5, 0.6) is 11.5 Å². The zero-order chi connectivity index (χ0) is 12.9. The smallest absolute Gasteiger partial charge is 0.231 e. The van der Waals surface area contributed by atoms with Crippen molar-refractivity contribution in [3.8, 4) is 11.5 Å². The fourth-order valence-electron chi connectivity index (χ4n) is 2.72. The molecule has 4 heteroatoms. The Hall–Kier alpha value is -1.26. The number of nitrogens with one attached hydrogen (secondary N) is 1. The lowest BCUT2D eigenvalue weighted by Crippen LogP contribution is -2.24. The summed E-state index contributed by atoms with van der Waals surface area (Å²) in [5, 5.41) is 3.49. The molecular formula is C15H22N2O2. The second-order valence-corrected chi connectivity index (χ2v) is 5.27. The van der Waals surface area contributed by atoms with E-state index in [2.05, 4.69) is 22.3 Å². The molecule has 1 N–H and O–H groups in total. The Morgan fingerprint density at radius 3 is 2.84 bits per heavy atom. The van der Waals surface area contributed by atoms with Crippen LogP contribution in [0.2, 0.25) is 0 Å². The predicted octanol–water partition coefficient (Wildman–Crippen LogP) is 1.99. The van der Waals surface area contributed by atoms with E-state index in [0.29, 0.717) is 6.79 Å². The summed E-state index contributed by atoms with van der Waals surface area (Å²) in [6.07, 6.45) is 3.99. The average molecular weight is 262 g/mol. The highest BCUT2D eigenvalue weighted by molar-refractivity contribution is 5.44. The van der Waals surface area contributed by atoms with Crippen LogP contribution in [-0.2, 0) is 6.54 Å². The van der Waals surface area contributed by atoms with Crippen molar-refractivity contribution in [3.63, 3.8) is 0 Å². The minimum absolute atomic E-state index is 0.349. The summed E-state index contributed by atoms with van der Waals surface area (Å²) < 4.78 is 10.7. The predicted molar refractivity (Wildman–Crippen MR) is 74.6 cm³/mol. The Morgan fingerprint density at radius 2 is 1.95 bits per heavy atom. The molecule has 0 saturated carbocycles. The summed E-state index contributed by atoms with van der Waals surface area (Å²) in [5.41, 5.74) is 1.26. The lowest BCUT2D eigenvalue weighted by Gasteiger charge is -2.14. The summed E-state index contributed by atoms with van der Waals surface area (Å²) in [6.45, 7) is 6.14. The molecule has 0 aliphatic carbocycles. The number of likely N-dealkylation sites (tertiary alicyclic amines) is 1. The van der Waals surface area contributed by atoms with Crippen molar-refractivity contribution in [2.75, 3.05) is 33.0 Å². The van der Waals surface area contributed by atoms with E-state index in [1.807, 2.05) is 6.07 Å². The standard InChI is InChI=1S/C15H22N2O2/c1-2-8-17(7-1)9-3-6-16-11-13-4-5-14-15(10-13)19-12-18-14/h4-5,10,16H,1-3,6-9,11-12H2. The van der Waals surface area contributed by atoms with Crippen molar-refractivity contribution in [2.24, 2.45) is 0 Å². The summed E-state index contributed by atoms with van der Waals surface area (Å²) in [6, 6.07) is 6.15. The highest BCUT2D eigenvalue weighted by atomic mass is 16.7. The van der Waals surface area contributed by atoms with Gasteiger partial charge in [-0.2, -0.15) is 0 Å². The fourth-order valence-corrected chi connectivity index (χ4v) is 2.72. The highest BCUT2D eigenvalue weighted by Crippen LogP contribution is 2.32. The topological polar surface area (TPSA) is 33.7 Å². The number of nitrogens with zero attached hydrogens (tertiary/aromatic N) is 1. The van der Waals surface area contributed by atoms with Gasteiger partial charge in [-0.25, -0.2) is 0 Å². The van der Waals surface area contributed by atoms with E-state index in [9.17, 15) is 0 Å². The number of ether oxygens (including phenoxy) is 2. The molecule has 1 saturated heterocycles. The monoisotopic (exact) mass is 262 g/mol. The molecule has 3 rings (SSSR count). The number of rotatable bonds is 6. The number of hydrogen-bond donors (Lipinski definition) is 1. The lowest BCUT2D eigenvalue weighted by atomic mass is 10.2. The molecular weight excluding hydrogens is 240 g/mol. The van der Waals surface area contributed by atoms with Crippen molar-refractivity contribution in [2.45, 2.75) is 25.8 Å². The van der Waals surface area contributed by atoms with Gasteiger partial charge in [0, 0.05) is 6.54 Å². The zero-order valence-electron chi connectivity index (χ0n) is 11.4. The lowest BCUT2D eigenvalue weighted by molar-refractivity contribution is 0.174. The Morgan fingerprint density at radius 1 is 1.11 bits per heavy atom. The molecule has 0 amide bonds. The van der Waals surface area contributed by atoms with Crippen molar-refractivity contribution in [1.82, 2.24) is 10.2 Å². The average Bonchev–Trinajstić information content (AvgIpc) is 3.08. The first-order chi connectivity index (χ1) is 9.42. The normalized spacial score (nSPS) is 18.1. The van der Waals surface area contributed by atoms with Crippen LogP contribution in [-0.4, -0.2) is 37.9 Å². The van der Waals surface area contributed by atoms with Gasteiger partial charge in [-0.3, -0.25) is 0 Å². The van der Waals surface area contributed by atoms with Gasteiger partial charge in [0.15, 0.2) is 11.5 Å². The molecule has 0 bridgehead atoms. The molecule has 1 fully saturated rings. The third-order valence-corrected chi connectivity index (χ3v) is 3.79. The van der Waals surface area contributed by atoms with Crippen molar-refractivity contribution in [1.29, 1.82) is 0 Å². The van der Waals surface area contributed by atoms with Gasteiger partial charge in [-0.1, -0.05) is 6.07 Å². The molecule has 1 aromatic carbocycles. The molecule has 1 aromatic rings. The molecule has 0 unspecified atom stereocenters. The minimum atomic E-state index is 0.349. The molecule has 2 heterocycles. The molecule has 19 heavy (non-hydrogen) atoms. The SMILES string of the molecule is c1cc2c(cc1CNCCCN1CCCC1)OCO2. The van der Waals surface area contributed by atoms with E-state index in [4.69, 9.17) is 9.47 Å². The molecule has 2 aliphatic rings. The number of hydrogen-bond acceptors (Lipinski definition) is 4. The molecule has 4 nitrogen and oxygen atoms in total.